The molecule has 2 aromatic rings. The monoisotopic (exact) mass is 358 g/mol. The van der Waals surface area contributed by atoms with Crippen molar-refractivity contribution in [3.63, 3.8) is 0 Å². The maximum absolute atomic E-state index is 12.9. The predicted molar refractivity (Wildman–Crippen MR) is 93.8 cm³/mol. The number of carbonyl (C=O) groups excluding carboxylic acids is 1. The molecule has 8 heteroatoms. The van der Waals surface area contributed by atoms with Gasteiger partial charge in [-0.3, -0.25) is 15.1 Å². The Morgan fingerprint density at radius 2 is 1.92 bits per heavy atom. The Balaban J connectivity index is 2.53. The second kappa shape index (κ2) is 8.52. The van der Waals surface area contributed by atoms with Gasteiger partial charge < -0.3 is 9.84 Å². The molecule has 26 heavy (non-hydrogen) atoms. The average molecular weight is 358 g/mol. The van der Waals surface area contributed by atoms with Gasteiger partial charge in [0.15, 0.2) is 0 Å². The minimum Gasteiger partial charge on any atom is -0.506 e. The standard InChI is InChI=1S/C18H15FN2O5/c1-2-26-18(23)15(11-20-13-9-7-12(19)8-10-13)17(22)14-5-3-4-6-16(14)21(24)25/h3-11,22H,2H2,1H3. The van der Waals surface area contributed by atoms with Crippen molar-refractivity contribution in [2.24, 2.45) is 4.99 Å². The van der Waals surface area contributed by atoms with Crippen molar-refractivity contribution >= 4 is 29.3 Å². The number of aliphatic hydroxyl groups is 1. The summed E-state index contributed by atoms with van der Waals surface area (Å²) < 4.78 is 17.8. The molecule has 2 rings (SSSR count). The molecular weight excluding hydrogens is 343 g/mol. The normalized spacial score (nSPS) is 11.9. The van der Waals surface area contributed by atoms with Crippen LogP contribution in [0.25, 0.3) is 5.76 Å². The van der Waals surface area contributed by atoms with Crippen molar-refractivity contribution in [2.45, 2.75) is 6.92 Å². The van der Waals surface area contributed by atoms with Crippen LogP contribution in [0.4, 0.5) is 15.8 Å². The number of nitro groups is 1. The first-order valence-corrected chi connectivity index (χ1v) is 7.57. The Morgan fingerprint density at radius 1 is 1.27 bits per heavy atom. The van der Waals surface area contributed by atoms with E-state index in [1.165, 1.54) is 48.5 Å². The molecule has 0 fully saturated rings. The van der Waals surface area contributed by atoms with E-state index in [2.05, 4.69) is 4.99 Å². The lowest BCUT2D eigenvalue weighted by atomic mass is 10.1. The summed E-state index contributed by atoms with van der Waals surface area (Å²) in [4.78, 5) is 26.6. The molecule has 134 valence electrons. The van der Waals surface area contributed by atoms with Crippen molar-refractivity contribution in [3.05, 3.63) is 75.6 Å². The van der Waals surface area contributed by atoms with Gasteiger partial charge >= 0.3 is 5.97 Å². The molecule has 7 nitrogen and oxygen atoms in total. The molecule has 1 N–H and O–H groups in total. The van der Waals surface area contributed by atoms with Crippen LogP contribution < -0.4 is 0 Å². The predicted octanol–water partition coefficient (Wildman–Crippen LogP) is 3.97. The van der Waals surface area contributed by atoms with Gasteiger partial charge in [0.25, 0.3) is 5.69 Å². The summed E-state index contributed by atoms with van der Waals surface area (Å²) >= 11 is 0. The minimum absolute atomic E-state index is 0.0386. The number of carbonyl (C=O) groups is 1. The van der Waals surface area contributed by atoms with E-state index >= 15 is 0 Å². The molecule has 0 aromatic heterocycles. The number of ether oxygens (including phenoxy) is 1. The summed E-state index contributed by atoms with van der Waals surface area (Å²) in [5.74, 6) is -1.98. The van der Waals surface area contributed by atoms with Crippen LogP contribution in [-0.4, -0.2) is 28.8 Å². The highest BCUT2D eigenvalue weighted by Gasteiger charge is 2.22. The first-order chi connectivity index (χ1) is 12.4. The van der Waals surface area contributed by atoms with E-state index in [0.717, 1.165) is 6.21 Å². The fourth-order valence-corrected chi connectivity index (χ4v) is 2.06. The lowest BCUT2D eigenvalue weighted by Gasteiger charge is -2.07. The maximum atomic E-state index is 12.9. The van der Waals surface area contributed by atoms with Crippen molar-refractivity contribution in [2.75, 3.05) is 6.61 Å². The summed E-state index contributed by atoms with van der Waals surface area (Å²) in [6.07, 6.45) is 1.03. The molecule has 2 aromatic carbocycles. The highest BCUT2D eigenvalue weighted by Crippen LogP contribution is 2.26. The van der Waals surface area contributed by atoms with E-state index in [1.807, 2.05) is 0 Å². The van der Waals surface area contributed by atoms with E-state index in [-0.39, 0.29) is 23.4 Å². The highest BCUT2D eigenvalue weighted by atomic mass is 19.1. The van der Waals surface area contributed by atoms with Gasteiger partial charge in [-0.2, -0.15) is 0 Å². The summed E-state index contributed by atoms with van der Waals surface area (Å²) in [5, 5.41) is 21.6. The molecule has 0 radical (unpaired) electrons. The largest absolute Gasteiger partial charge is 0.506 e. The summed E-state index contributed by atoms with van der Waals surface area (Å²) in [6.45, 7) is 1.62. The van der Waals surface area contributed by atoms with Crippen LogP contribution in [0.2, 0.25) is 0 Å². The Labute approximate surface area is 148 Å². The smallest absolute Gasteiger partial charge is 0.343 e. The molecule has 0 aliphatic heterocycles. The lowest BCUT2D eigenvalue weighted by molar-refractivity contribution is -0.385. The second-order valence-electron chi connectivity index (χ2n) is 4.99. The maximum Gasteiger partial charge on any atom is 0.343 e. The Hall–Kier alpha value is -3.55. The van der Waals surface area contributed by atoms with Gasteiger partial charge in [0.05, 0.1) is 22.8 Å². The number of nitrogens with zero attached hydrogens (tertiary/aromatic N) is 2. The van der Waals surface area contributed by atoms with Crippen LogP contribution in [0.15, 0.2) is 59.1 Å². The number of aliphatic imine (C=N–C) groups is 1. The Kier molecular flexibility index (Phi) is 6.15. The zero-order chi connectivity index (χ0) is 19.1. The Morgan fingerprint density at radius 3 is 2.54 bits per heavy atom. The summed E-state index contributed by atoms with van der Waals surface area (Å²) in [6, 6.07) is 10.5. The van der Waals surface area contributed by atoms with Crippen LogP contribution in [0.3, 0.4) is 0 Å². The zero-order valence-electron chi connectivity index (χ0n) is 13.8. The topological polar surface area (TPSA) is 102 Å². The number of aliphatic hydroxyl groups excluding tert-OH is 1. The number of esters is 1. The number of hydrogen-bond acceptors (Lipinski definition) is 6. The molecule has 0 aliphatic rings. The summed E-state index contributed by atoms with van der Waals surface area (Å²) in [7, 11) is 0. The second-order valence-corrected chi connectivity index (χ2v) is 4.99. The molecule has 0 saturated heterocycles. The van der Waals surface area contributed by atoms with Crippen LogP contribution >= 0.6 is 0 Å². The van der Waals surface area contributed by atoms with Gasteiger partial charge in [0.2, 0.25) is 0 Å². The first-order valence-electron chi connectivity index (χ1n) is 7.57. The number of rotatable bonds is 6. The van der Waals surface area contributed by atoms with Crippen molar-refractivity contribution in [1.82, 2.24) is 0 Å². The molecule has 0 heterocycles. The molecule has 0 unspecified atom stereocenters. The van der Waals surface area contributed by atoms with Crippen LogP contribution in [0, 0.1) is 15.9 Å². The van der Waals surface area contributed by atoms with Gasteiger partial charge in [-0.25, -0.2) is 9.18 Å². The van der Waals surface area contributed by atoms with Gasteiger partial charge in [0, 0.05) is 12.3 Å². The van der Waals surface area contributed by atoms with E-state index in [9.17, 15) is 24.4 Å². The third-order valence-electron chi connectivity index (χ3n) is 3.28. The number of para-hydroxylation sites is 1. The fraction of sp³-hybridized carbons (Fsp3) is 0.111. The van der Waals surface area contributed by atoms with E-state index in [1.54, 1.807) is 6.92 Å². The molecule has 0 saturated carbocycles. The quantitative estimate of drug-likeness (QED) is 0.210. The third-order valence-corrected chi connectivity index (χ3v) is 3.28. The van der Waals surface area contributed by atoms with Crippen LogP contribution in [0.5, 0.6) is 0 Å². The number of hydrogen-bond donors (Lipinski definition) is 1. The lowest BCUT2D eigenvalue weighted by Crippen LogP contribution is -2.11. The van der Waals surface area contributed by atoms with Gasteiger partial charge in [-0.1, -0.05) is 12.1 Å². The SMILES string of the molecule is CCOC(=O)C(C=Nc1ccc(F)cc1)=C(O)c1ccccc1[N+](=O)[O-]. The number of benzene rings is 2. The first kappa shape index (κ1) is 18.8. The van der Waals surface area contributed by atoms with Crippen molar-refractivity contribution < 1.29 is 24.0 Å². The molecule has 0 spiro atoms. The molecule has 0 amide bonds. The van der Waals surface area contributed by atoms with Gasteiger partial charge in [0.1, 0.15) is 17.1 Å². The minimum atomic E-state index is -0.894. The van der Waals surface area contributed by atoms with Crippen molar-refractivity contribution in [3.8, 4) is 0 Å². The number of nitro benzene ring substituents is 1. The summed E-state index contributed by atoms with van der Waals surface area (Å²) in [5.41, 5.74) is -0.554. The molecular formula is C18H15FN2O5. The average Bonchev–Trinajstić information content (AvgIpc) is 2.63. The number of halogens is 1. The zero-order valence-corrected chi connectivity index (χ0v) is 13.8. The van der Waals surface area contributed by atoms with E-state index in [0.29, 0.717) is 5.69 Å². The van der Waals surface area contributed by atoms with E-state index < -0.39 is 22.5 Å². The molecule has 0 bridgehead atoms. The van der Waals surface area contributed by atoms with E-state index in [4.69, 9.17) is 4.74 Å². The van der Waals surface area contributed by atoms with Gasteiger partial charge in [-0.15, -0.1) is 0 Å². The molecule has 0 aliphatic carbocycles. The van der Waals surface area contributed by atoms with Crippen molar-refractivity contribution in [1.29, 1.82) is 0 Å². The fourth-order valence-electron chi connectivity index (χ4n) is 2.06. The van der Waals surface area contributed by atoms with Crippen LogP contribution in [0.1, 0.15) is 12.5 Å². The highest BCUT2D eigenvalue weighted by molar-refractivity contribution is 6.15. The third kappa shape index (κ3) is 4.50. The van der Waals surface area contributed by atoms with Crippen LogP contribution in [-0.2, 0) is 9.53 Å². The Bertz CT molecular complexity index is 875. The van der Waals surface area contributed by atoms with Gasteiger partial charge in [-0.05, 0) is 37.3 Å². The molecule has 0 atom stereocenters.